The third kappa shape index (κ3) is 2.25. The van der Waals surface area contributed by atoms with E-state index in [1.54, 1.807) is 0 Å². The van der Waals surface area contributed by atoms with Crippen LogP contribution in [0.1, 0.15) is 34.3 Å². The number of aryl methyl sites for hydroxylation is 2. The third-order valence-corrected chi connectivity index (χ3v) is 2.79. The summed E-state index contributed by atoms with van der Waals surface area (Å²) in [7, 11) is 1.41. The summed E-state index contributed by atoms with van der Waals surface area (Å²) < 4.78 is 4.72. The lowest BCUT2D eigenvalue weighted by molar-refractivity contribution is 0.0600. The maximum Gasteiger partial charge on any atom is 0.337 e. The van der Waals surface area contributed by atoms with Crippen LogP contribution in [0.2, 0.25) is 0 Å². The molecule has 2 nitrogen and oxygen atoms in total. The predicted molar refractivity (Wildman–Crippen MR) is 62.2 cm³/mol. The fourth-order valence-corrected chi connectivity index (χ4v) is 1.92. The number of benzene rings is 1. The molecule has 2 rings (SSSR count). The molecule has 0 radical (unpaired) electrons. The van der Waals surface area contributed by atoms with Crippen LogP contribution in [0, 0.1) is 11.8 Å². The summed E-state index contributed by atoms with van der Waals surface area (Å²) in [6.07, 6.45) is 3.68. The van der Waals surface area contributed by atoms with E-state index in [-0.39, 0.29) is 5.97 Å². The Kier molecular flexibility index (Phi) is 3.26. The maximum atomic E-state index is 11.4. The number of rotatable bonds is 1. The minimum Gasteiger partial charge on any atom is -0.465 e. The van der Waals surface area contributed by atoms with Crippen molar-refractivity contribution in [3.63, 3.8) is 0 Å². The number of carbonyl (C=O) groups excluding carboxylic acids is 1. The van der Waals surface area contributed by atoms with Crippen molar-refractivity contribution < 1.29 is 9.53 Å². The molecule has 0 amide bonds. The summed E-state index contributed by atoms with van der Waals surface area (Å²) in [5.74, 6) is 5.99. The Hall–Kier alpha value is -1.75. The van der Waals surface area contributed by atoms with E-state index in [1.807, 2.05) is 18.2 Å². The van der Waals surface area contributed by atoms with Crippen LogP contribution in [0.3, 0.4) is 0 Å². The summed E-state index contributed by atoms with van der Waals surface area (Å²) in [4.78, 5) is 11.4. The summed E-state index contributed by atoms with van der Waals surface area (Å²) in [5, 5.41) is 0. The van der Waals surface area contributed by atoms with Crippen LogP contribution in [-0.2, 0) is 17.6 Å². The molecule has 0 bridgehead atoms. The van der Waals surface area contributed by atoms with E-state index in [2.05, 4.69) is 11.8 Å². The second-order valence-electron chi connectivity index (χ2n) is 3.83. The fraction of sp³-hybridized carbons (Fsp3) is 0.357. The number of hydrogen-bond donors (Lipinski definition) is 0. The molecule has 0 spiro atoms. The van der Waals surface area contributed by atoms with Crippen molar-refractivity contribution in [3.05, 3.63) is 34.9 Å². The highest BCUT2D eigenvalue weighted by atomic mass is 16.5. The first kappa shape index (κ1) is 10.8. The van der Waals surface area contributed by atoms with E-state index >= 15 is 0 Å². The normalized spacial score (nSPS) is 13.8. The van der Waals surface area contributed by atoms with Crippen molar-refractivity contribution >= 4 is 5.97 Å². The van der Waals surface area contributed by atoms with Crippen molar-refractivity contribution in [2.75, 3.05) is 7.11 Å². The molecule has 0 N–H and O–H groups in total. The van der Waals surface area contributed by atoms with Gasteiger partial charge in [0.05, 0.1) is 12.7 Å². The molecule has 1 aliphatic carbocycles. The first-order chi connectivity index (χ1) is 7.81. The van der Waals surface area contributed by atoms with Gasteiger partial charge in [-0.2, -0.15) is 0 Å². The van der Waals surface area contributed by atoms with Crippen LogP contribution < -0.4 is 0 Å². The van der Waals surface area contributed by atoms with Gasteiger partial charge in [0.15, 0.2) is 0 Å². The van der Waals surface area contributed by atoms with E-state index in [0.717, 1.165) is 25.7 Å². The van der Waals surface area contributed by atoms with Crippen molar-refractivity contribution in [1.29, 1.82) is 0 Å². The van der Waals surface area contributed by atoms with Crippen LogP contribution >= 0.6 is 0 Å². The molecule has 1 aromatic carbocycles. The molecule has 0 unspecified atom stereocenters. The van der Waals surface area contributed by atoms with Crippen LogP contribution in [-0.4, -0.2) is 13.1 Å². The fourth-order valence-electron chi connectivity index (χ4n) is 1.92. The van der Waals surface area contributed by atoms with Gasteiger partial charge >= 0.3 is 5.97 Å². The van der Waals surface area contributed by atoms with Crippen molar-refractivity contribution in [2.24, 2.45) is 0 Å². The number of carbonyl (C=O) groups is 1. The molecular formula is C14H14O2. The van der Waals surface area contributed by atoms with Gasteiger partial charge in [-0.25, -0.2) is 4.79 Å². The summed E-state index contributed by atoms with van der Waals surface area (Å²) in [6, 6.07) is 5.79. The summed E-state index contributed by atoms with van der Waals surface area (Å²) >= 11 is 0. The van der Waals surface area contributed by atoms with Crippen LogP contribution in [0.5, 0.6) is 0 Å². The standard InChI is InChI=1S/C14H14O2/c1-16-14(15)13-9-8-11-6-4-2-3-5-7-12(11)10-13/h8-10H,4-7H2,1H3. The van der Waals surface area contributed by atoms with Gasteiger partial charge in [-0.15, -0.1) is 11.8 Å². The van der Waals surface area contributed by atoms with Crippen LogP contribution in [0.15, 0.2) is 18.2 Å². The summed E-state index contributed by atoms with van der Waals surface area (Å²) in [5.41, 5.74) is 3.17. The second kappa shape index (κ2) is 4.85. The van der Waals surface area contributed by atoms with Gasteiger partial charge in [-0.1, -0.05) is 6.07 Å². The Morgan fingerprint density at radius 1 is 1.19 bits per heavy atom. The van der Waals surface area contributed by atoms with Gasteiger partial charge in [0, 0.05) is 12.8 Å². The van der Waals surface area contributed by atoms with Crippen LogP contribution in [0.4, 0.5) is 0 Å². The second-order valence-corrected chi connectivity index (χ2v) is 3.83. The predicted octanol–water partition coefficient (Wildman–Crippen LogP) is 2.36. The molecule has 2 heteroatoms. The minimum absolute atomic E-state index is 0.268. The van der Waals surface area contributed by atoms with E-state index in [9.17, 15) is 4.79 Å². The van der Waals surface area contributed by atoms with Gasteiger partial charge in [-0.05, 0) is 36.1 Å². The molecule has 1 aliphatic rings. The van der Waals surface area contributed by atoms with Gasteiger partial charge in [0.1, 0.15) is 0 Å². The van der Waals surface area contributed by atoms with Gasteiger partial charge < -0.3 is 4.74 Å². The quantitative estimate of drug-likeness (QED) is 0.530. The van der Waals surface area contributed by atoms with Gasteiger partial charge in [0.25, 0.3) is 0 Å². The molecule has 0 atom stereocenters. The average Bonchev–Trinajstić information content (AvgIpc) is 2.28. The number of ether oxygens (including phenoxy) is 1. The Balaban J connectivity index is 2.32. The average molecular weight is 214 g/mol. The van der Waals surface area contributed by atoms with E-state index in [4.69, 9.17) is 4.74 Å². The smallest absolute Gasteiger partial charge is 0.337 e. The largest absolute Gasteiger partial charge is 0.465 e. The first-order valence-corrected chi connectivity index (χ1v) is 5.47. The Morgan fingerprint density at radius 3 is 2.56 bits per heavy atom. The zero-order valence-electron chi connectivity index (χ0n) is 9.38. The van der Waals surface area contributed by atoms with Gasteiger partial charge in [0.2, 0.25) is 0 Å². The highest BCUT2D eigenvalue weighted by Gasteiger charge is 2.10. The first-order valence-electron chi connectivity index (χ1n) is 5.47. The third-order valence-electron chi connectivity index (χ3n) is 2.79. The highest BCUT2D eigenvalue weighted by molar-refractivity contribution is 5.89. The number of fused-ring (bicyclic) bond motifs is 1. The molecule has 0 aromatic heterocycles. The Morgan fingerprint density at radius 2 is 1.88 bits per heavy atom. The lowest BCUT2D eigenvalue weighted by Crippen LogP contribution is -2.04. The lowest BCUT2D eigenvalue weighted by Gasteiger charge is -2.10. The Bertz CT molecular complexity index is 463. The molecule has 0 fully saturated rings. The maximum absolute atomic E-state index is 11.4. The monoisotopic (exact) mass is 214 g/mol. The molecule has 16 heavy (non-hydrogen) atoms. The van der Waals surface area contributed by atoms with Crippen LogP contribution in [0.25, 0.3) is 0 Å². The molecule has 0 saturated heterocycles. The van der Waals surface area contributed by atoms with Gasteiger partial charge in [-0.3, -0.25) is 0 Å². The number of methoxy groups -OCH3 is 1. The van der Waals surface area contributed by atoms with E-state index in [1.165, 1.54) is 18.2 Å². The highest BCUT2D eigenvalue weighted by Crippen LogP contribution is 2.17. The summed E-state index contributed by atoms with van der Waals surface area (Å²) in [6.45, 7) is 0. The van der Waals surface area contributed by atoms with E-state index in [0.29, 0.717) is 5.56 Å². The lowest BCUT2D eigenvalue weighted by atomic mass is 9.95. The topological polar surface area (TPSA) is 26.3 Å². The van der Waals surface area contributed by atoms with Crippen molar-refractivity contribution in [2.45, 2.75) is 25.7 Å². The zero-order valence-corrected chi connectivity index (χ0v) is 9.38. The zero-order chi connectivity index (χ0) is 11.4. The molecule has 0 aliphatic heterocycles. The molecule has 82 valence electrons. The number of hydrogen-bond acceptors (Lipinski definition) is 2. The molecule has 1 aromatic rings. The molecule has 0 saturated carbocycles. The van der Waals surface area contributed by atoms with Crippen molar-refractivity contribution in [1.82, 2.24) is 0 Å². The SMILES string of the molecule is COC(=O)c1ccc2c(c1)CCC#CCC2. The number of esters is 1. The molecular weight excluding hydrogens is 200 g/mol. The minimum atomic E-state index is -0.268. The Labute approximate surface area is 95.6 Å². The van der Waals surface area contributed by atoms with Crippen molar-refractivity contribution in [3.8, 4) is 11.8 Å². The van der Waals surface area contributed by atoms with E-state index < -0.39 is 0 Å². The molecule has 0 heterocycles.